The Bertz CT molecular complexity index is 933. The minimum Gasteiger partial charge on any atom is -0.494 e. The van der Waals surface area contributed by atoms with Gasteiger partial charge in [0.15, 0.2) is 9.84 Å². The number of aromatic nitrogens is 1. The van der Waals surface area contributed by atoms with E-state index in [1.807, 2.05) is 46.0 Å². The van der Waals surface area contributed by atoms with Crippen LogP contribution in [0.15, 0.2) is 23.2 Å². The summed E-state index contributed by atoms with van der Waals surface area (Å²) in [6, 6.07) is 3.90. The normalized spacial score (nSPS) is 15.3. The summed E-state index contributed by atoms with van der Waals surface area (Å²) in [4.78, 5) is 0.546. The van der Waals surface area contributed by atoms with Crippen molar-refractivity contribution >= 4 is 21.4 Å². The number of ether oxygens (including phenoxy) is 1. The first kappa shape index (κ1) is 21.3. The first-order valence-electron chi connectivity index (χ1n) is 10.0. The van der Waals surface area contributed by atoms with E-state index in [1.165, 1.54) is 0 Å². The lowest BCUT2D eigenvalue weighted by Crippen LogP contribution is -2.19. The minimum atomic E-state index is -3.23. The Balaban J connectivity index is 1.64. The van der Waals surface area contributed by atoms with Crippen molar-refractivity contribution in [3.8, 4) is 5.75 Å². The molecule has 2 aromatic rings. The van der Waals surface area contributed by atoms with Gasteiger partial charge in [0.2, 0.25) is 0 Å². The number of benzene rings is 1. The van der Waals surface area contributed by atoms with Gasteiger partial charge in [0.1, 0.15) is 5.75 Å². The second kappa shape index (κ2) is 8.50. The number of hydrogen-bond acceptors (Lipinski definition) is 3. The van der Waals surface area contributed by atoms with Crippen LogP contribution in [0.2, 0.25) is 5.02 Å². The fourth-order valence-corrected chi connectivity index (χ4v) is 6.67. The predicted molar refractivity (Wildman–Crippen MR) is 114 cm³/mol. The molecule has 28 heavy (non-hydrogen) atoms. The zero-order chi connectivity index (χ0) is 20.5. The molecule has 0 N–H and O–H groups in total. The standard InChI is InChI=1S/C22H30ClNO3S/c1-15-12-19(13-16(2)21(15)23)27-11-7-10-24-14-17(3)22(18(24)4)28(25,26)20-8-5-6-9-20/h12-14,20H,5-11H2,1-4H3. The van der Waals surface area contributed by atoms with Gasteiger partial charge in [-0.3, -0.25) is 0 Å². The van der Waals surface area contributed by atoms with E-state index in [1.54, 1.807) is 0 Å². The molecule has 0 spiro atoms. The molecular weight excluding hydrogens is 394 g/mol. The lowest BCUT2D eigenvalue weighted by atomic mass is 10.1. The van der Waals surface area contributed by atoms with Crippen molar-refractivity contribution in [1.29, 1.82) is 0 Å². The fourth-order valence-electron chi connectivity index (χ4n) is 4.25. The highest BCUT2D eigenvalue weighted by Gasteiger charge is 2.33. The van der Waals surface area contributed by atoms with E-state index in [-0.39, 0.29) is 5.25 Å². The molecule has 0 atom stereocenters. The van der Waals surface area contributed by atoms with Crippen molar-refractivity contribution in [2.75, 3.05) is 6.61 Å². The maximum absolute atomic E-state index is 13.0. The summed E-state index contributed by atoms with van der Waals surface area (Å²) in [6.45, 7) is 9.07. The average molecular weight is 424 g/mol. The van der Waals surface area contributed by atoms with Crippen LogP contribution in [-0.4, -0.2) is 24.8 Å². The quantitative estimate of drug-likeness (QED) is 0.547. The van der Waals surface area contributed by atoms with Crippen LogP contribution in [0.3, 0.4) is 0 Å². The molecule has 0 saturated heterocycles. The molecule has 1 aliphatic rings. The molecule has 4 nitrogen and oxygen atoms in total. The van der Waals surface area contributed by atoms with E-state index < -0.39 is 9.84 Å². The number of nitrogens with zero attached hydrogens (tertiary/aromatic N) is 1. The summed E-state index contributed by atoms with van der Waals surface area (Å²) in [7, 11) is -3.23. The molecule has 1 saturated carbocycles. The molecule has 1 aliphatic carbocycles. The van der Waals surface area contributed by atoms with E-state index in [0.29, 0.717) is 11.5 Å². The average Bonchev–Trinajstić information content (AvgIpc) is 3.25. The Labute approximate surface area is 173 Å². The zero-order valence-corrected chi connectivity index (χ0v) is 18.8. The zero-order valence-electron chi connectivity index (χ0n) is 17.2. The van der Waals surface area contributed by atoms with Crippen LogP contribution in [0, 0.1) is 27.7 Å². The Morgan fingerprint density at radius 1 is 1.07 bits per heavy atom. The monoisotopic (exact) mass is 423 g/mol. The van der Waals surface area contributed by atoms with Crippen molar-refractivity contribution in [2.24, 2.45) is 0 Å². The van der Waals surface area contributed by atoms with Crippen molar-refractivity contribution in [1.82, 2.24) is 4.57 Å². The summed E-state index contributed by atoms with van der Waals surface area (Å²) in [6.07, 6.45) is 6.39. The van der Waals surface area contributed by atoms with Crippen LogP contribution in [-0.2, 0) is 16.4 Å². The molecule has 0 amide bonds. The van der Waals surface area contributed by atoms with Crippen molar-refractivity contribution in [2.45, 2.75) is 76.5 Å². The molecular formula is C22H30ClNO3S. The summed E-state index contributed by atoms with van der Waals surface area (Å²) < 4.78 is 34.0. The highest BCUT2D eigenvalue weighted by Crippen LogP contribution is 2.33. The number of rotatable bonds is 7. The van der Waals surface area contributed by atoms with Crippen molar-refractivity contribution < 1.29 is 13.2 Å². The van der Waals surface area contributed by atoms with E-state index in [0.717, 1.165) is 71.8 Å². The summed E-state index contributed by atoms with van der Waals surface area (Å²) >= 11 is 6.20. The van der Waals surface area contributed by atoms with Gasteiger partial charge in [0.25, 0.3) is 0 Å². The molecule has 0 bridgehead atoms. The van der Waals surface area contributed by atoms with Gasteiger partial charge < -0.3 is 9.30 Å². The van der Waals surface area contributed by atoms with E-state index >= 15 is 0 Å². The van der Waals surface area contributed by atoms with Gasteiger partial charge in [-0.1, -0.05) is 24.4 Å². The molecule has 6 heteroatoms. The fraction of sp³-hybridized carbons (Fsp3) is 0.545. The van der Waals surface area contributed by atoms with Gasteiger partial charge in [-0.15, -0.1) is 0 Å². The second-order valence-corrected chi connectivity index (χ2v) is 10.5. The molecule has 154 valence electrons. The highest BCUT2D eigenvalue weighted by atomic mass is 35.5. The Hall–Kier alpha value is -1.46. The van der Waals surface area contributed by atoms with Crippen LogP contribution in [0.4, 0.5) is 0 Å². The van der Waals surface area contributed by atoms with Crippen LogP contribution >= 0.6 is 11.6 Å². The van der Waals surface area contributed by atoms with Crippen LogP contribution in [0.1, 0.15) is 54.5 Å². The second-order valence-electron chi connectivity index (χ2n) is 7.94. The number of aryl methyl sites for hydroxylation is 4. The maximum atomic E-state index is 13.0. The molecule has 0 radical (unpaired) electrons. The smallest absolute Gasteiger partial charge is 0.183 e. The third-order valence-corrected chi connectivity index (χ3v) is 8.85. The Morgan fingerprint density at radius 2 is 1.68 bits per heavy atom. The van der Waals surface area contributed by atoms with Gasteiger partial charge >= 0.3 is 0 Å². The summed E-state index contributed by atoms with van der Waals surface area (Å²) in [5.41, 5.74) is 3.72. The largest absolute Gasteiger partial charge is 0.494 e. The molecule has 3 rings (SSSR count). The van der Waals surface area contributed by atoms with Gasteiger partial charge in [0, 0.05) is 23.5 Å². The lowest BCUT2D eigenvalue weighted by molar-refractivity contribution is 0.301. The van der Waals surface area contributed by atoms with Gasteiger partial charge in [-0.05, 0) is 75.8 Å². The topological polar surface area (TPSA) is 48.3 Å². The summed E-state index contributed by atoms with van der Waals surface area (Å²) in [5.74, 6) is 0.823. The molecule has 1 fully saturated rings. The minimum absolute atomic E-state index is 0.208. The van der Waals surface area contributed by atoms with E-state index in [2.05, 4.69) is 4.57 Å². The van der Waals surface area contributed by atoms with Crippen molar-refractivity contribution in [3.63, 3.8) is 0 Å². The molecule has 1 heterocycles. The number of sulfone groups is 1. The SMILES string of the molecule is Cc1cc(OCCCn2cc(C)c(S(=O)(=O)C3CCCC3)c2C)cc(C)c1Cl. The van der Waals surface area contributed by atoms with Crippen LogP contribution in [0.25, 0.3) is 0 Å². The molecule has 0 unspecified atom stereocenters. The summed E-state index contributed by atoms with van der Waals surface area (Å²) in [5, 5.41) is 0.572. The first-order chi connectivity index (χ1) is 13.2. The lowest BCUT2D eigenvalue weighted by Gasteiger charge is -2.13. The molecule has 0 aliphatic heterocycles. The Morgan fingerprint density at radius 3 is 2.29 bits per heavy atom. The third-order valence-electron chi connectivity index (χ3n) is 5.71. The van der Waals surface area contributed by atoms with Crippen LogP contribution in [0.5, 0.6) is 5.75 Å². The van der Waals surface area contributed by atoms with Gasteiger partial charge in [-0.25, -0.2) is 8.42 Å². The Kier molecular flexibility index (Phi) is 6.45. The van der Waals surface area contributed by atoms with Gasteiger partial charge in [0.05, 0.1) is 16.8 Å². The number of halogens is 1. The van der Waals surface area contributed by atoms with E-state index in [9.17, 15) is 8.42 Å². The van der Waals surface area contributed by atoms with Crippen molar-refractivity contribution in [3.05, 3.63) is 45.7 Å². The van der Waals surface area contributed by atoms with Gasteiger partial charge in [-0.2, -0.15) is 0 Å². The highest BCUT2D eigenvalue weighted by molar-refractivity contribution is 7.92. The van der Waals surface area contributed by atoms with Crippen LogP contribution < -0.4 is 4.74 Å². The first-order valence-corrected chi connectivity index (χ1v) is 11.9. The maximum Gasteiger partial charge on any atom is 0.183 e. The predicted octanol–water partition coefficient (Wildman–Crippen LogP) is 5.56. The molecule has 1 aromatic carbocycles. The molecule has 1 aromatic heterocycles. The van der Waals surface area contributed by atoms with E-state index in [4.69, 9.17) is 16.3 Å². The third kappa shape index (κ3) is 4.25. The number of hydrogen-bond donors (Lipinski definition) is 0.